The highest BCUT2D eigenvalue weighted by molar-refractivity contribution is 6.31. The summed E-state index contributed by atoms with van der Waals surface area (Å²) in [5.74, 6) is 3.67. The quantitative estimate of drug-likeness (QED) is 0.112. The summed E-state index contributed by atoms with van der Waals surface area (Å²) in [5.41, 5.74) is 26.7. The van der Waals surface area contributed by atoms with Crippen molar-refractivity contribution in [3.05, 3.63) is 413 Å². The number of furan rings is 2. The van der Waals surface area contributed by atoms with Crippen LogP contribution in [-0.2, 0) is 0 Å². The third kappa shape index (κ3) is 12.1. The van der Waals surface area contributed by atoms with Gasteiger partial charge < -0.3 is 18.0 Å². The van der Waals surface area contributed by atoms with Crippen LogP contribution in [0.15, 0.2) is 421 Å². The summed E-state index contributed by atoms with van der Waals surface area (Å²) in [6.07, 6.45) is 0. The minimum absolute atomic E-state index is 0.597. The predicted molar refractivity (Wildman–Crippen MR) is 483 cm³/mol. The summed E-state index contributed by atoms with van der Waals surface area (Å²) in [6, 6.07) is 143. The van der Waals surface area contributed by atoms with Crippen LogP contribution in [0.1, 0.15) is 0 Å². The van der Waals surface area contributed by atoms with Gasteiger partial charge in [0.1, 0.15) is 22.3 Å². The van der Waals surface area contributed by atoms with E-state index >= 15 is 0 Å². The van der Waals surface area contributed by atoms with E-state index in [4.69, 9.17) is 38.7 Å². The standard InChI is InChI=1S/C57H36N4O.C51H32N4O/c1-4-15-37(16-5-1)39-27-31-41(32-28-39)44-23-14-24-47-53-51(62-54(44)47)36-35-50-52(53)45-21-10-12-25-48(45)61(50)49-26-13-11-22-46(49)57-59-55(42-19-8-3-9-20-42)58-56(60-57)43-33-29-40(30-34-43)38-17-6-2-7-18-38;1-4-15-33(16-5-1)34-27-29-37(30-28-34)50-52-49(36-19-8-3-9-20-36)53-51(54-50)40-22-11-13-25-42(40)55-41-24-12-10-21-39(41)46-43(55)31-32-45-48(46)47-38(23-14-26-44(47)56-45)35-17-6-2-7-18-35/h1-36H;1-32H. The van der Waals surface area contributed by atoms with E-state index in [-0.39, 0.29) is 0 Å². The molecule has 0 saturated heterocycles. The Hall–Kier alpha value is -16.0. The lowest BCUT2D eigenvalue weighted by Gasteiger charge is -2.14. The molecule has 0 bridgehead atoms. The van der Waals surface area contributed by atoms with Crippen molar-refractivity contribution < 1.29 is 8.83 Å². The molecular formula is C108H68N8O2. The maximum Gasteiger partial charge on any atom is 0.166 e. The number of hydrogen-bond acceptors (Lipinski definition) is 8. The Bertz CT molecular complexity index is 7740. The number of rotatable bonds is 13. The van der Waals surface area contributed by atoms with Gasteiger partial charge in [-0.05, 0) is 117 Å². The van der Waals surface area contributed by atoms with Gasteiger partial charge in [0.05, 0.1) is 33.4 Å². The van der Waals surface area contributed by atoms with E-state index in [1.165, 1.54) is 11.1 Å². The van der Waals surface area contributed by atoms with E-state index in [2.05, 4.69) is 343 Å². The second-order valence-electron chi connectivity index (χ2n) is 29.5. The lowest BCUT2D eigenvalue weighted by molar-refractivity contribution is 0.669. The minimum Gasteiger partial charge on any atom is -0.456 e. The zero-order valence-electron chi connectivity index (χ0n) is 63.7. The molecule has 0 aliphatic carbocycles. The zero-order chi connectivity index (χ0) is 78.0. The van der Waals surface area contributed by atoms with Crippen LogP contribution in [0, 0.1) is 0 Å². The lowest BCUT2D eigenvalue weighted by atomic mass is 9.97. The van der Waals surface area contributed by atoms with Gasteiger partial charge in [-0.15, -0.1) is 0 Å². The van der Waals surface area contributed by atoms with E-state index in [0.29, 0.717) is 34.9 Å². The molecule has 6 heterocycles. The van der Waals surface area contributed by atoms with Crippen molar-refractivity contribution in [3.63, 3.8) is 0 Å². The van der Waals surface area contributed by atoms with Gasteiger partial charge in [0, 0.05) is 82.0 Å². The van der Waals surface area contributed by atoms with Gasteiger partial charge in [-0.2, -0.15) is 0 Å². The molecule has 10 heteroatoms. The first-order valence-corrected chi connectivity index (χ1v) is 39.6. The van der Waals surface area contributed by atoms with Crippen LogP contribution in [0.3, 0.4) is 0 Å². The summed E-state index contributed by atoms with van der Waals surface area (Å²) < 4.78 is 18.1. The van der Waals surface area contributed by atoms with E-state index in [1.807, 2.05) is 78.9 Å². The Balaban J connectivity index is 0.000000143. The third-order valence-corrected chi connectivity index (χ3v) is 22.6. The number of fused-ring (bicyclic) bond motifs is 14. The predicted octanol–water partition coefficient (Wildman–Crippen LogP) is 28.1. The van der Waals surface area contributed by atoms with Gasteiger partial charge in [-0.25, -0.2) is 29.9 Å². The van der Waals surface area contributed by atoms with Gasteiger partial charge in [-0.3, -0.25) is 0 Å². The van der Waals surface area contributed by atoms with Crippen LogP contribution in [-0.4, -0.2) is 39.0 Å². The van der Waals surface area contributed by atoms with Crippen LogP contribution in [0.5, 0.6) is 0 Å². The lowest BCUT2D eigenvalue weighted by Crippen LogP contribution is -2.03. The van der Waals surface area contributed by atoms with Crippen LogP contribution >= 0.6 is 0 Å². The molecule has 23 rings (SSSR count). The number of benzene rings is 17. The van der Waals surface area contributed by atoms with Gasteiger partial charge in [-0.1, -0.05) is 346 Å². The second-order valence-corrected chi connectivity index (χ2v) is 29.5. The molecule has 0 N–H and O–H groups in total. The molecule has 0 atom stereocenters. The number of aromatic nitrogens is 8. The molecule has 0 saturated carbocycles. The monoisotopic (exact) mass is 1510 g/mol. The first-order chi connectivity index (χ1) is 58.5. The van der Waals surface area contributed by atoms with Gasteiger partial charge >= 0.3 is 0 Å². The average Bonchev–Trinajstić information content (AvgIpc) is 1.55. The Morgan fingerprint density at radius 3 is 0.915 bits per heavy atom. The second kappa shape index (κ2) is 29.2. The van der Waals surface area contributed by atoms with E-state index in [1.54, 1.807) is 0 Å². The summed E-state index contributed by atoms with van der Waals surface area (Å²) in [5, 5.41) is 8.98. The zero-order valence-corrected chi connectivity index (χ0v) is 63.7. The summed E-state index contributed by atoms with van der Waals surface area (Å²) in [7, 11) is 0. The SMILES string of the molecule is c1ccc(-c2ccc(-c3nc(-c4ccccc4)nc(-c4ccccc4-n4c5ccccc5c5c6c(ccc54)oc4c(-c5ccc(-c7ccccc7)cc5)cccc46)n3)cc2)cc1.c1ccc(-c2ccc(-c3nc(-c4ccccc4)nc(-c4ccccc4-n4c5ccccc5c5c6c(ccc54)oc4cccc(-c5ccccc5)c46)n3)cc2)cc1. The third-order valence-electron chi connectivity index (χ3n) is 22.6. The van der Waals surface area contributed by atoms with Crippen LogP contribution in [0.2, 0.25) is 0 Å². The molecule has 0 unspecified atom stereocenters. The molecule has 552 valence electrons. The molecule has 0 amide bonds. The number of nitrogens with zero attached hydrogens (tertiary/aromatic N) is 8. The molecular weight excluding hydrogens is 1440 g/mol. The number of para-hydroxylation sites is 5. The fourth-order valence-electron chi connectivity index (χ4n) is 17.1. The number of hydrogen-bond donors (Lipinski definition) is 0. The molecule has 0 aliphatic rings. The van der Waals surface area contributed by atoms with E-state index in [9.17, 15) is 0 Å². The molecule has 0 aliphatic heterocycles. The highest BCUT2D eigenvalue weighted by Crippen LogP contribution is 2.48. The Morgan fingerprint density at radius 1 is 0.161 bits per heavy atom. The van der Waals surface area contributed by atoms with Crippen LogP contribution in [0.25, 0.3) is 223 Å². The first kappa shape index (κ1) is 68.7. The molecule has 0 spiro atoms. The minimum atomic E-state index is 0.597. The van der Waals surface area contributed by atoms with Crippen molar-refractivity contribution >= 4 is 87.5 Å². The topological polar surface area (TPSA) is 113 Å². The van der Waals surface area contributed by atoms with Crippen molar-refractivity contribution in [2.24, 2.45) is 0 Å². The largest absolute Gasteiger partial charge is 0.456 e. The van der Waals surface area contributed by atoms with Crippen LogP contribution < -0.4 is 0 Å². The highest BCUT2D eigenvalue weighted by Gasteiger charge is 2.27. The van der Waals surface area contributed by atoms with Crippen molar-refractivity contribution in [3.8, 4) is 135 Å². The van der Waals surface area contributed by atoms with Crippen molar-refractivity contribution in [1.82, 2.24) is 39.0 Å². The maximum absolute atomic E-state index is 6.82. The fourth-order valence-corrected chi connectivity index (χ4v) is 17.1. The Labute approximate surface area is 678 Å². The highest BCUT2D eigenvalue weighted by atomic mass is 16.3. The average molecular weight is 1510 g/mol. The molecule has 0 radical (unpaired) electrons. The maximum atomic E-state index is 6.82. The smallest absolute Gasteiger partial charge is 0.166 e. The van der Waals surface area contributed by atoms with Gasteiger partial charge in [0.2, 0.25) is 0 Å². The normalized spacial score (nSPS) is 11.6. The van der Waals surface area contributed by atoms with Gasteiger partial charge in [0.25, 0.3) is 0 Å². The summed E-state index contributed by atoms with van der Waals surface area (Å²) >= 11 is 0. The van der Waals surface area contributed by atoms with Crippen LogP contribution in [0.4, 0.5) is 0 Å². The summed E-state index contributed by atoms with van der Waals surface area (Å²) in [4.78, 5) is 30.9. The summed E-state index contributed by atoms with van der Waals surface area (Å²) in [6.45, 7) is 0. The van der Waals surface area contributed by atoms with Gasteiger partial charge in [0.15, 0.2) is 34.9 Å². The molecule has 118 heavy (non-hydrogen) atoms. The van der Waals surface area contributed by atoms with E-state index < -0.39 is 0 Å². The molecule has 17 aromatic carbocycles. The molecule has 23 aromatic rings. The molecule has 0 fully saturated rings. The fraction of sp³-hybridized carbons (Fsp3) is 0. The Kier molecular flexibility index (Phi) is 17.0. The van der Waals surface area contributed by atoms with Crippen molar-refractivity contribution in [1.29, 1.82) is 0 Å². The Morgan fingerprint density at radius 2 is 0.458 bits per heavy atom. The van der Waals surface area contributed by atoms with E-state index in [0.717, 1.165) is 177 Å². The van der Waals surface area contributed by atoms with Crippen molar-refractivity contribution in [2.45, 2.75) is 0 Å². The molecule has 10 nitrogen and oxygen atoms in total. The first-order valence-electron chi connectivity index (χ1n) is 39.6. The van der Waals surface area contributed by atoms with Crippen molar-refractivity contribution in [2.75, 3.05) is 0 Å². The molecule has 6 aromatic heterocycles.